The van der Waals surface area contributed by atoms with Gasteiger partial charge in [0, 0.05) is 5.56 Å². The van der Waals surface area contributed by atoms with Gasteiger partial charge in [-0.05, 0) is 98.8 Å². The van der Waals surface area contributed by atoms with Crippen LogP contribution < -0.4 is 4.74 Å². The fourth-order valence-electron chi connectivity index (χ4n) is 5.97. The van der Waals surface area contributed by atoms with Crippen molar-refractivity contribution in [1.29, 1.82) is 0 Å². The van der Waals surface area contributed by atoms with Crippen LogP contribution in [0.2, 0.25) is 0 Å². The second-order valence-corrected chi connectivity index (χ2v) is 9.54. The zero-order valence-corrected chi connectivity index (χ0v) is 19.0. The fraction of sp³-hybridized carbons (Fsp3) is 0.500. The topological polar surface area (TPSA) is 9.23 Å². The summed E-state index contributed by atoms with van der Waals surface area (Å²) >= 11 is 0. The van der Waals surface area contributed by atoms with Gasteiger partial charge in [0.2, 0.25) is 0 Å². The van der Waals surface area contributed by atoms with Crippen LogP contribution in [-0.2, 0) is 0 Å². The lowest BCUT2D eigenvalue weighted by atomic mass is 9.63. The first-order valence-corrected chi connectivity index (χ1v) is 11.9. The van der Waals surface area contributed by atoms with Crippen LogP contribution in [0.4, 0.5) is 13.2 Å². The molecule has 0 aromatic heterocycles. The molecule has 0 spiro atoms. The summed E-state index contributed by atoms with van der Waals surface area (Å²) in [5, 5.41) is 0. The smallest absolute Gasteiger partial charge is 0.166 e. The zero-order valence-electron chi connectivity index (χ0n) is 19.0. The highest BCUT2D eigenvalue weighted by atomic mass is 19.2. The van der Waals surface area contributed by atoms with E-state index in [0.717, 1.165) is 37.5 Å². The maximum atomic E-state index is 15.1. The monoisotopic (exact) mass is 442 g/mol. The second kappa shape index (κ2) is 10.1. The molecule has 0 radical (unpaired) electrons. The van der Waals surface area contributed by atoms with Gasteiger partial charge in [-0.25, -0.2) is 13.2 Å². The molecule has 0 heterocycles. The molecule has 2 aromatic carbocycles. The molecule has 4 heteroatoms. The number of fused-ring (bicyclic) bond motifs is 1. The minimum absolute atomic E-state index is 0.0620. The first-order valence-electron chi connectivity index (χ1n) is 11.9. The van der Waals surface area contributed by atoms with E-state index in [1.54, 1.807) is 18.2 Å². The van der Waals surface area contributed by atoms with Crippen molar-refractivity contribution in [2.75, 3.05) is 7.11 Å². The molecule has 0 N–H and O–H groups in total. The van der Waals surface area contributed by atoms with Gasteiger partial charge in [0.1, 0.15) is 0 Å². The summed E-state index contributed by atoms with van der Waals surface area (Å²) in [6, 6.07) is 7.49. The average Bonchev–Trinajstić information content (AvgIpc) is 2.80. The van der Waals surface area contributed by atoms with Crippen molar-refractivity contribution < 1.29 is 17.9 Å². The molecule has 0 aliphatic heterocycles. The van der Waals surface area contributed by atoms with Crippen LogP contribution in [0.1, 0.15) is 69.8 Å². The fourth-order valence-corrected chi connectivity index (χ4v) is 5.97. The number of hydrogen-bond donors (Lipinski definition) is 0. The molecule has 1 nitrogen and oxygen atoms in total. The van der Waals surface area contributed by atoms with Crippen LogP contribution in [0.5, 0.6) is 5.75 Å². The number of methoxy groups -OCH3 is 1. The molecular weight excluding hydrogens is 409 g/mol. The predicted molar refractivity (Wildman–Crippen MR) is 123 cm³/mol. The van der Waals surface area contributed by atoms with Crippen molar-refractivity contribution in [2.24, 2.45) is 17.8 Å². The Balaban J connectivity index is 1.46. The van der Waals surface area contributed by atoms with E-state index >= 15 is 8.78 Å². The third-order valence-electron chi connectivity index (χ3n) is 7.71. The Morgan fingerprint density at radius 1 is 0.938 bits per heavy atom. The predicted octanol–water partition coefficient (Wildman–Crippen LogP) is 8.44. The van der Waals surface area contributed by atoms with Gasteiger partial charge < -0.3 is 4.74 Å². The highest BCUT2D eigenvalue weighted by Gasteiger charge is 2.37. The molecule has 4 atom stereocenters. The summed E-state index contributed by atoms with van der Waals surface area (Å²) in [6.07, 6.45) is 13.5. The molecule has 4 unspecified atom stereocenters. The molecule has 2 fully saturated rings. The average molecular weight is 443 g/mol. The summed E-state index contributed by atoms with van der Waals surface area (Å²) in [5.74, 6) is 0.0427. The minimum atomic E-state index is -0.887. The van der Waals surface area contributed by atoms with Gasteiger partial charge in [0.25, 0.3) is 0 Å². The zero-order chi connectivity index (χ0) is 22.7. The molecule has 0 amide bonds. The van der Waals surface area contributed by atoms with Crippen LogP contribution >= 0.6 is 0 Å². The highest BCUT2D eigenvalue weighted by Crippen LogP contribution is 2.49. The van der Waals surface area contributed by atoms with Gasteiger partial charge in [-0.2, -0.15) is 0 Å². The lowest BCUT2D eigenvalue weighted by molar-refractivity contribution is 0.114. The molecule has 2 saturated carbocycles. The summed E-state index contributed by atoms with van der Waals surface area (Å²) in [6.45, 7) is 2.07. The Hall–Kier alpha value is -2.23. The number of ether oxygens (including phenoxy) is 1. The SMILES string of the molecule is C/C=C/CCC1CCC2CC(c3ccc(-c4ccc(OC)c(F)c4)c(F)c3F)CCC2C1. The number of rotatable bonds is 6. The van der Waals surface area contributed by atoms with E-state index in [1.807, 2.05) is 0 Å². The first kappa shape index (κ1) is 22.9. The number of benzene rings is 2. The van der Waals surface area contributed by atoms with Crippen LogP contribution in [0, 0.1) is 35.2 Å². The van der Waals surface area contributed by atoms with Gasteiger partial charge in [-0.15, -0.1) is 0 Å². The van der Waals surface area contributed by atoms with Crippen molar-refractivity contribution in [2.45, 2.75) is 64.2 Å². The Kier molecular flexibility index (Phi) is 7.27. The van der Waals surface area contributed by atoms with Crippen LogP contribution in [0.15, 0.2) is 42.5 Å². The largest absolute Gasteiger partial charge is 0.494 e. The van der Waals surface area contributed by atoms with Crippen LogP contribution in [0.25, 0.3) is 11.1 Å². The first-order chi connectivity index (χ1) is 15.5. The highest BCUT2D eigenvalue weighted by molar-refractivity contribution is 5.66. The Bertz CT molecular complexity index is 967. The molecule has 2 aliphatic rings. The normalized spacial score (nSPS) is 25.7. The molecular formula is C28H33F3O. The maximum absolute atomic E-state index is 15.1. The lowest BCUT2D eigenvalue weighted by Gasteiger charge is -2.42. The molecule has 172 valence electrons. The van der Waals surface area contributed by atoms with Crippen molar-refractivity contribution in [1.82, 2.24) is 0 Å². The van der Waals surface area contributed by atoms with E-state index in [4.69, 9.17) is 4.74 Å². The van der Waals surface area contributed by atoms with E-state index in [0.29, 0.717) is 17.0 Å². The number of halogens is 3. The lowest BCUT2D eigenvalue weighted by Crippen LogP contribution is -2.30. The summed E-state index contributed by atoms with van der Waals surface area (Å²) in [7, 11) is 1.37. The standard InChI is InChI=1S/C28H33F3O/c1-3-4-5-6-18-7-8-20-16-21(10-9-19(20)15-18)23-12-13-24(28(31)27(23)30)22-11-14-26(32-2)25(29)17-22/h3-4,11-14,17-21H,5-10,15-16H2,1-2H3/b4-3+. The van der Waals surface area contributed by atoms with Crippen LogP contribution in [0.3, 0.4) is 0 Å². The molecule has 2 aromatic rings. The van der Waals surface area contributed by atoms with Gasteiger partial charge in [0.05, 0.1) is 7.11 Å². The molecule has 4 rings (SSSR count). The number of allylic oxidation sites excluding steroid dienone is 2. The van der Waals surface area contributed by atoms with E-state index in [9.17, 15) is 4.39 Å². The summed E-state index contributed by atoms with van der Waals surface area (Å²) < 4.78 is 49.1. The second-order valence-electron chi connectivity index (χ2n) is 9.54. The minimum Gasteiger partial charge on any atom is -0.494 e. The van der Waals surface area contributed by atoms with Crippen LogP contribution in [-0.4, -0.2) is 7.11 Å². The van der Waals surface area contributed by atoms with E-state index < -0.39 is 17.5 Å². The van der Waals surface area contributed by atoms with E-state index in [-0.39, 0.29) is 17.2 Å². The van der Waals surface area contributed by atoms with Gasteiger partial charge in [0.15, 0.2) is 23.2 Å². The Morgan fingerprint density at radius 3 is 2.47 bits per heavy atom. The van der Waals surface area contributed by atoms with Gasteiger partial charge >= 0.3 is 0 Å². The van der Waals surface area contributed by atoms with Crippen molar-refractivity contribution in [3.63, 3.8) is 0 Å². The molecule has 0 bridgehead atoms. The number of hydrogen-bond acceptors (Lipinski definition) is 1. The Labute approximate surface area is 189 Å². The van der Waals surface area contributed by atoms with E-state index in [2.05, 4.69) is 19.1 Å². The molecule has 0 saturated heterocycles. The molecule has 32 heavy (non-hydrogen) atoms. The van der Waals surface area contributed by atoms with E-state index in [1.165, 1.54) is 44.9 Å². The van der Waals surface area contributed by atoms with Crippen molar-refractivity contribution >= 4 is 0 Å². The third kappa shape index (κ3) is 4.74. The van der Waals surface area contributed by atoms with Crippen molar-refractivity contribution in [3.8, 4) is 16.9 Å². The van der Waals surface area contributed by atoms with Gasteiger partial charge in [-0.3, -0.25) is 0 Å². The Morgan fingerprint density at radius 2 is 1.72 bits per heavy atom. The molecule has 2 aliphatic carbocycles. The summed E-state index contributed by atoms with van der Waals surface area (Å²) in [4.78, 5) is 0. The quantitative estimate of drug-likeness (QED) is 0.408. The maximum Gasteiger partial charge on any atom is 0.166 e. The third-order valence-corrected chi connectivity index (χ3v) is 7.71. The summed E-state index contributed by atoms with van der Waals surface area (Å²) in [5.41, 5.74) is 0.878. The van der Waals surface area contributed by atoms with Crippen molar-refractivity contribution in [3.05, 3.63) is 65.5 Å². The van der Waals surface area contributed by atoms with Gasteiger partial charge in [-0.1, -0.05) is 36.8 Å².